The van der Waals surface area contributed by atoms with E-state index in [2.05, 4.69) is 10.3 Å². The first-order valence-electron chi connectivity index (χ1n) is 7.08. The number of thiophene rings is 1. The van der Waals surface area contributed by atoms with Crippen molar-refractivity contribution < 1.29 is 19.1 Å². The molecule has 7 nitrogen and oxygen atoms in total. The number of amides is 2. The van der Waals surface area contributed by atoms with Crippen LogP contribution in [-0.4, -0.2) is 34.8 Å². The number of anilines is 1. The van der Waals surface area contributed by atoms with Crippen LogP contribution in [0.2, 0.25) is 0 Å². The molecule has 0 saturated heterocycles. The highest BCUT2D eigenvalue weighted by Gasteiger charge is 2.30. The van der Waals surface area contributed by atoms with Crippen molar-refractivity contribution in [2.75, 3.05) is 11.9 Å². The van der Waals surface area contributed by atoms with Gasteiger partial charge in [-0.15, -0.1) is 11.3 Å². The summed E-state index contributed by atoms with van der Waals surface area (Å²) in [7, 11) is 0. The number of amidine groups is 1. The van der Waals surface area contributed by atoms with Crippen LogP contribution in [0, 0.1) is 0 Å². The van der Waals surface area contributed by atoms with E-state index in [-0.39, 0.29) is 24.1 Å². The van der Waals surface area contributed by atoms with Crippen LogP contribution in [0.5, 0.6) is 0 Å². The van der Waals surface area contributed by atoms with Gasteiger partial charge < -0.3 is 15.8 Å². The van der Waals surface area contributed by atoms with E-state index in [1.807, 2.05) is 6.92 Å². The Morgan fingerprint density at radius 1 is 1.43 bits per heavy atom. The second-order valence-corrected chi connectivity index (χ2v) is 7.04. The molecule has 0 unspecified atom stereocenters. The molecule has 1 aromatic rings. The van der Waals surface area contributed by atoms with Gasteiger partial charge in [-0.2, -0.15) is 4.99 Å². The Morgan fingerprint density at radius 3 is 2.74 bits per heavy atom. The van der Waals surface area contributed by atoms with Crippen molar-refractivity contribution in [3.05, 3.63) is 16.5 Å². The molecular formula is C14H17N3O4S2. The number of nitrogens with zero attached hydrogens (tertiary/aromatic N) is 1. The van der Waals surface area contributed by atoms with Crippen LogP contribution in [0.4, 0.5) is 5.00 Å². The number of aliphatic imine (C=N–C) groups is 1. The smallest absolute Gasteiger partial charge is 0.341 e. The number of carbonyl (C=O) groups excluding carboxylic acids is 3. The Morgan fingerprint density at radius 2 is 2.17 bits per heavy atom. The summed E-state index contributed by atoms with van der Waals surface area (Å²) in [4.78, 5) is 40.2. The molecule has 0 saturated carbocycles. The van der Waals surface area contributed by atoms with E-state index < -0.39 is 17.1 Å². The van der Waals surface area contributed by atoms with E-state index in [0.29, 0.717) is 10.6 Å². The SMILES string of the molecule is CCOC(=O)c1cc(CC)sc1NC(=O)C[C@@H]1SC(N)=NC1=O. The summed E-state index contributed by atoms with van der Waals surface area (Å²) in [5, 5.41) is 2.69. The normalized spacial score (nSPS) is 17.0. The summed E-state index contributed by atoms with van der Waals surface area (Å²) >= 11 is 2.39. The summed E-state index contributed by atoms with van der Waals surface area (Å²) in [5.74, 6) is -1.25. The molecule has 0 radical (unpaired) electrons. The molecule has 124 valence electrons. The van der Waals surface area contributed by atoms with E-state index in [4.69, 9.17) is 10.5 Å². The maximum atomic E-state index is 12.1. The van der Waals surface area contributed by atoms with Gasteiger partial charge in [0.05, 0.1) is 12.2 Å². The van der Waals surface area contributed by atoms with Crippen LogP contribution in [0.25, 0.3) is 0 Å². The van der Waals surface area contributed by atoms with E-state index in [1.165, 1.54) is 11.3 Å². The van der Waals surface area contributed by atoms with Gasteiger partial charge in [0.2, 0.25) is 5.91 Å². The van der Waals surface area contributed by atoms with Gasteiger partial charge in [0.15, 0.2) is 5.17 Å². The van der Waals surface area contributed by atoms with E-state index >= 15 is 0 Å². The quantitative estimate of drug-likeness (QED) is 0.752. The van der Waals surface area contributed by atoms with Gasteiger partial charge in [-0.25, -0.2) is 4.79 Å². The number of nitrogens with one attached hydrogen (secondary N) is 1. The number of ether oxygens (including phenoxy) is 1. The first-order chi connectivity index (χ1) is 10.9. The number of carbonyl (C=O) groups is 3. The maximum absolute atomic E-state index is 12.1. The molecule has 3 N–H and O–H groups in total. The maximum Gasteiger partial charge on any atom is 0.341 e. The van der Waals surface area contributed by atoms with Gasteiger partial charge in [0.25, 0.3) is 5.91 Å². The van der Waals surface area contributed by atoms with Crippen molar-refractivity contribution in [2.45, 2.75) is 31.9 Å². The molecule has 0 aromatic carbocycles. The lowest BCUT2D eigenvalue weighted by molar-refractivity contribution is -0.121. The van der Waals surface area contributed by atoms with E-state index in [9.17, 15) is 14.4 Å². The lowest BCUT2D eigenvalue weighted by Crippen LogP contribution is -2.22. The second kappa shape index (κ2) is 7.60. The average molecular weight is 355 g/mol. The highest BCUT2D eigenvalue weighted by atomic mass is 32.2. The minimum absolute atomic E-state index is 0.0463. The minimum Gasteiger partial charge on any atom is -0.462 e. The van der Waals surface area contributed by atoms with Crippen LogP contribution in [0.15, 0.2) is 11.1 Å². The van der Waals surface area contributed by atoms with E-state index in [0.717, 1.165) is 23.1 Å². The molecule has 0 fully saturated rings. The van der Waals surface area contributed by atoms with Gasteiger partial charge in [-0.1, -0.05) is 18.7 Å². The monoisotopic (exact) mass is 355 g/mol. The number of nitrogens with two attached hydrogens (primary N) is 1. The fraction of sp³-hybridized carbons (Fsp3) is 0.429. The average Bonchev–Trinajstić information content (AvgIpc) is 3.02. The lowest BCUT2D eigenvalue weighted by atomic mass is 10.2. The molecule has 2 heterocycles. The van der Waals surface area contributed by atoms with E-state index in [1.54, 1.807) is 13.0 Å². The van der Waals surface area contributed by atoms with Gasteiger partial charge in [-0.3, -0.25) is 9.59 Å². The van der Waals surface area contributed by atoms with Crippen molar-refractivity contribution in [2.24, 2.45) is 10.7 Å². The highest BCUT2D eigenvalue weighted by molar-refractivity contribution is 8.15. The Hall–Kier alpha value is -1.87. The van der Waals surface area contributed by atoms with Gasteiger partial charge in [-0.05, 0) is 19.4 Å². The Kier molecular flexibility index (Phi) is 5.78. The molecule has 0 aliphatic carbocycles. The zero-order valence-electron chi connectivity index (χ0n) is 12.8. The number of hydrogen-bond donors (Lipinski definition) is 2. The number of rotatable bonds is 6. The van der Waals surface area contributed by atoms with Gasteiger partial charge in [0.1, 0.15) is 10.3 Å². The topological polar surface area (TPSA) is 111 Å². The molecule has 0 spiro atoms. The summed E-state index contributed by atoms with van der Waals surface area (Å²) < 4.78 is 5.00. The van der Waals surface area contributed by atoms with Crippen LogP contribution in [0.1, 0.15) is 35.5 Å². The Bertz CT molecular complexity index is 669. The predicted molar refractivity (Wildman–Crippen MR) is 90.9 cm³/mol. The fourth-order valence-corrected chi connectivity index (χ4v) is 3.77. The number of esters is 1. The molecule has 9 heteroatoms. The third-order valence-corrected chi connectivity index (χ3v) is 5.19. The minimum atomic E-state index is -0.605. The second-order valence-electron chi connectivity index (χ2n) is 4.68. The molecule has 1 aliphatic heterocycles. The third kappa shape index (κ3) is 4.32. The molecule has 1 atom stereocenters. The van der Waals surface area contributed by atoms with Crippen molar-refractivity contribution in [1.29, 1.82) is 0 Å². The van der Waals surface area contributed by atoms with Crippen molar-refractivity contribution in [3.8, 4) is 0 Å². The Labute approximate surface area is 141 Å². The van der Waals surface area contributed by atoms with Crippen molar-refractivity contribution in [1.82, 2.24) is 0 Å². The van der Waals surface area contributed by atoms with Gasteiger partial charge >= 0.3 is 5.97 Å². The predicted octanol–water partition coefficient (Wildman–Crippen LogP) is 1.77. The molecule has 2 rings (SSSR count). The zero-order chi connectivity index (χ0) is 17.0. The molecule has 0 bridgehead atoms. The van der Waals surface area contributed by atoms with Crippen LogP contribution < -0.4 is 11.1 Å². The molecule has 2 amide bonds. The lowest BCUT2D eigenvalue weighted by Gasteiger charge is -2.08. The van der Waals surface area contributed by atoms with Gasteiger partial charge in [0, 0.05) is 11.3 Å². The number of hydrogen-bond acceptors (Lipinski definition) is 7. The van der Waals surface area contributed by atoms with Crippen LogP contribution in [0.3, 0.4) is 0 Å². The Balaban J connectivity index is 2.07. The van der Waals surface area contributed by atoms with Crippen LogP contribution >= 0.6 is 23.1 Å². The summed E-state index contributed by atoms with van der Waals surface area (Å²) in [6.07, 6.45) is 0.698. The molecule has 1 aliphatic rings. The molecular weight excluding hydrogens is 338 g/mol. The molecule has 1 aromatic heterocycles. The van der Waals surface area contributed by atoms with Crippen LogP contribution in [-0.2, 0) is 20.7 Å². The zero-order valence-corrected chi connectivity index (χ0v) is 14.4. The summed E-state index contributed by atoms with van der Waals surface area (Å²) in [6, 6.07) is 1.72. The first kappa shape index (κ1) is 17.5. The van der Waals surface area contributed by atoms with Crippen molar-refractivity contribution in [3.63, 3.8) is 0 Å². The standard InChI is InChI=1S/C14H17N3O4S2/c1-3-7-5-8(13(20)21-4-2)12(22-7)16-10(18)6-9-11(19)17-14(15)23-9/h5,9H,3-4,6H2,1-2H3,(H,16,18)(H2,15,17,19)/t9-/m0/s1. The highest BCUT2D eigenvalue weighted by Crippen LogP contribution is 2.30. The summed E-state index contributed by atoms with van der Waals surface area (Å²) in [5.41, 5.74) is 5.80. The molecule has 23 heavy (non-hydrogen) atoms. The number of aryl methyl sites for hydroxylation is 1. The fourth-order valence-electron chi connectivity index (χ4n) is 1.95. The first-order valence-corrected chi connectivity index (χ1v) is 8.78. The van der Waals surface area contributed by atoms with Crippen molar-refractivity contribution >= 4 is 51.1 Å². The largest absolute Gasteiger partial charge is 0.462 e. The summed E-state index contributed by atoms with van der Waals surface area (Å²) in [6.45, 7) is 3.93. The third-order valence-electron chi connectivity index (χ3n) is 3.01. The number of thioether (sulfide) groups is 1.